The van der Waals surface area contributed by atoms with Crippen LogP contribution in [0.3, 0.4) is 0 Å². The van der Waals surface area contributed by atoms with Gasteiger partial charge in [-0.15, -0.1) is 0 Å². The van der Waals surface area contributed by atoms with Crippen molar-refractivity contribution in [2.24, 2.45) is 0 Å². The van der Waals surface area contributed by atoms with Crippen LogP contribution in [0.1, 0.15) is 17.9 Å². The lowest BCUT2D eigenvalue weighted by Gasteiger charge is -2.07. The molecule has 0 radical (unpaired) electrons. The van der Waals surface area contributed by atoms with Gasteiger partial charge < -0.3 is 18.5 Å². The number of esters is 1. The van der Waals surface area contributed by atoms with Crippen molar-refractivity contribution in [3.8, 4) is 17.2 Å². The van der Waals surface area contributed by atoms with Gasteiger partial charge in [-0.3, -0.25) is 4.79 Å². The minimum Gasteiger partial charge on any atom is -0.493 e. The van der Waals surface area contributed by atoms with Crippen molar-refractivity contribution in [1.82, 2.24) is 9.55 Å². The number of benzene rings is 2. The molecule has 0 saturated heterocycles. The molecule has 30 heavy (non-hydrogen) atoms. The molecule has 0 saturated carbocycles. The van der Waals surface area contributed by atoms with E-state index in [0.717, 1.165) is 33.7 Å². The third-order valence-corrected chi connectivity index (χ3v) is 5.05. The van der Waals surface area contributed by atoms with Crippen molar-refractivity contribution < 1.29 is 18.7 Å². The number of rotatable bonds is 8. The second kappa shape index (κ2) is 8.86. The summed E-state index contributed by atoms with van der Waals surface area (Å²) in [4.78, 5) is 16.0. The molecule has 6 nitrogen and oxygen atoms in total. The molecule has 0 N–H and O–H groups in total. The highest BCUT2D eigenvalue weighted by atomic mass is 16.5. The van der Waals surface area contributed by atoms with Crippen LogP contribution in [0.5, 0.6) is 5.75 Å². The van der Waals surface area contributed by atoms with E-state index in [0.29, 0.717) is 31.9 Å². The highest BCUT2D eigenvalue weighted by Gasteiger charge is 2.11. The molecule has 2 aromatic heterocycles. The van der Waals surface area contributed by atoms with Crippen molar-refractivity contribution in [3.05, 3.63) is 72.2 Å². The average molecular weight is 404 g/mol. The number of fused-ring (bicyclic) bond motifs is 1. The lowest BCUT2D eigenvalue weighted by Crippen LogP contribution is -2.06. The van der Waals surface area contributed by atoms with Crippen LogP contribution in [-0.2, 0) is 22.5 Å². The second-order valence-corrected chi connectivity index (χ2v) is 7.04. The zero-order valence-corrected chi connectivity index (χ0v) is 17.1. The summed E-state index contributed by atoms with van der Waals surface area (Å²) >= 11 is 0. The molecular weight excluding hydrogens is 380 g/mol. The summed E-state index contributed by atoms with van der Waals surface area (Å²) in [5, 5.41) is 1.07. The standard InChI is InChI=1S/C24H24N2O4/c1-17-21(25-24(30-17)18-6-4-3-5-7-18)12-15-29-20-8-9-22-19(16-20)10-13-26(22)14-11-23(27)28-2/h3-10,13,16H,11-12,14-15H2,1-2H3. The van der Waals surface area contributed by atoms with Crippen molar-refractivity contribution in [2.75, 3.05) is 13.7 Å². The Labute approximate surface area is 175 Å². The van der Waals surface area contributed by atoms with Crippen LogP contribution in [0, 0.1) is 6.92 Å². The van der Waals surface area contributed by atoms with Gasteiger partial charge in [0.2, 0.25) is 5.89 Å². The van der Waals surface area contributed by atoms with Crippen molar-refractivity contribution in [1.29, 1.82) is 0 Å². The Morgan fingerprint density at radius 3 is 2.77 bits per heavy atom. The van der Waals surface area contributed by atoms with E-state index < -0.39 is 0 Å². The molecule has 4 rings (SSSR count). The first kappa shape index (κ1) is 19.8. The van der Waals surface area contributed by atoms with Crippen LogP contribution in [0.4, 0.5) is 0 Å². The fourth-order valence-electron chi connectivity index (χ4n) is 3.41. The highest BCUT2D eigenvalue weighted by Crippen LogP contribution is 2.24. The number of methoxy groups -OCH3 is 1. The first-order valence-electron chi connectivity index (χ1n) is 9.94. The van der Waals surface area contributed by atoms with Crippen LogP contribution in [0.25, 0.3) is 22.4 Å². The first-order valence-corrected chi connectivity index (χ1v) is 9.94. The van der Waals surface area contributed by atoms with Gasteiger partial charge >= 0.3 is 5.97 Å². The zero-order valence-electron chi connectivity index (χ0n) is 17.1. The topological polar surface area (TPSA) is 66.5 Å². The average Bonchev–Trinajstić information content (AvgIpc) is 3.35. The van der Waals surface area contributed by atoms with Crippen LogP contribution < -0.4 is 4.74 Å². The van der Waals surface area contributed by atoms with E-state index in [4.69, 9.17) is 13.9 Å². The number of nitrogens with zero attached hydrogens (tertiary/aromatic N) is 2. The largest absolute Gasteiger partial charge is 0.493 e. The molecule has 0 spiro atoms. The van der Waals surface area contributed by atoms with Gasteiger partial charge in [-0.1, -0.05) is 18.2 Å². The van der Waals surface area contributed by atoms with Crippen molar-refractivity contribution in [3.63, 3.8) is 0 Å². The number of ether oxygens (including phenoxy) is 2. The number of carbonyl (C=O) groups is 1. The van der Waals surface area contributed by atoms with Crippen molar-refractivity contribution in [2.45, 2.75) is 26.3 Å². The summed E-state index contributed by atoms with van der Waals surface area (Å²) in [5.41, 5.74) is 2.94. The quantitative estimate of drug-likeness (QED) is 0.395. The number of oxazole rings is 1. The zero-order chi connectivity index (χ0) is 20.9. The molecule has 2 heterocycles. The predicted octanol–water partition coefficient (Wildman–Crippen LogP) is 4.79. The second-order valence-electron chi connectivity index (χ2n) is 7.04. The molecule has 0 aliphatic rings. The van der Waals surface area contributed by atoms with E-state index in [1.165, 1.54) is 7.11 Å². The Bertz CT molecular complexity index is 1140. The van der Waals surface area contributed by atoms with Crippen LogP contribution >= 0.6 is 0 Å². The Balaban J connectivity index is 1.37. The molecule has 6 heteroatoms. The molecule has 0 bridgehead atoms. The Morgan fingerprint density at radius 2 is 1.97 bits per heavy atom. The number of aromatic nitrogens is 2. The van der Waals surface area contributed by atoms with E-state index >= 15 is 0 Å². The summed E-state index contributed by atoms with van der Waals surface area (Å²) < 4.78 is 18.5. The van der Waals surface area contributed by atoms with Crippen LogP contribution in [-0.4, -0.2) is 29.2 Å². The number of hydrogen-bond acceptors (Lipinski definition) is 5. The molecule has 0 amide bonds. The smallest absolute Gasteiger partial charge is 0.307 e. The molecule has 0 unspecified atom stereocenters. The lowest BCUT2D eigenvalue weighted by atomic mass is 10.2. The van der Waals surface area contributed by atoms with E-state index in [1.54, 1.807) is 0 Å². The maximum absolute atomic E-state index is 11.4. The van der Waals surface area contributed by atoms with Crippen LogP contribution in [0.15, 0.2) is 65.2 Å². The van der Waals surface area contributed by atoms with Gasteiger partial charge in [0.1, 0.15) is 11.5 Å². The SMILES string of the molecule is COC(=O)CCn1ccc2cc(OCCc3nc(-c4ccccc4)oc3C)ccc21. The first-order chi connectivity index (χ1) is 14.6. The summed E-state index contributed by atoms with van der Waals surface area (Å²) in [6.45, 7) is 3.03. The Kier molecular flexibility index (Phi) is 5.84. The molecule has 0 aliphatic heterocycles. The highest BCUT2D eigenvalue weighted by molar-refractivity contribution is 5.82. The molecule has 0 fully saturated rings. The van der Waals surface area contributed by atoms with Gasteiger partial charge in [-0.2, -0.15) is 0 Å². The van der Waals surface area contributed by atoms with Gasteiger partial charge in [-0.05, 0) is 43.3 Å². The third-order valence-electron chi connectivity index (χ3n) is 5.05. The van der Waals surface area contributed by atoms with Crippen LogP contribution in [0.2, 0.25) is 0 Å². The summed E-state index contributed by atoms with van der Waals surface area (Å²) in [7, 11) is 1.41. The van der Waals surface area contributed by atoms with Crippen molar-refractivity contribution >= 4 is 16.9 Å². The maximum Gasteiger partial charge on any atom is 0.307 e. The molecule has 4 aromatic rings. The molecular formula is C24H24N2O4. The van der Waals surface area contributed by atoms with E-state index in [-0.39, 0.29) is 5.97 Å². The summed E-state index contributed by atoms with van der Waals surface area (Å²) in [5.74, 6) is 2.04. The number of carbonyl (C=O) groups excluding carboxylic acids is 1. The number of aryl methyl sites for hydroxylation is 2. The van der Waals surface area contributed by atoms with E-state index in [1.807, 2.05) is 72.3 Å². The predicted molar refractivity (Wildman–Crippen MR) is 114 cm³/mol. The lowest BCUT2D eigenvalue weighted by molar-refractivity contribution is -0.140. The Morgan fingerprint density at radius 1 is 1.13 bits per heavy atom. The molecule has 154 valence electrons. The van der Waals surface area contributed by atoms with Gasteiger partial charge in [0.25, 0.3) is 0 Å². The number of hydrogen-bond donors (Lipinski definition) is 0. The molecule has 0 atom stereocenters. The maximum atomic E-state index is 11.4. The Hall–Kier alpha value is -3.54. The minimum absolute atomic E-state index is 0.213. The third kappa shape index (κ3) is 4.38. The minimum atomic E-state index is -0.213. The molecule has 0 aliphatic carbocycles. The van der Waals surface area contributed by atoms with Gasteiger partial charge in [0.15, 0.2) is 0 Å². The van der Waals surface area contributed by atoms with E-state index in [9.17, 15) is 4.79 Å². The van der Waals surface area contributed by atoms with Gasteiger partial charge in [0.05, 0.1) is 25.8 Å². The van der Waals surface area contributed by atoms with Gasteiger partial charge in [0, 0.05) is 35.6 Å². The van der Waals surface area contributed by atoms with Gasteiger partial charge in [-0.25, -0.2) is 4.98 Å². The fraction of sp³-hybridized carbons (Fsp3) is 0.250. The fourth-order valence-corrected chi connectivity index (χ4v) is 3.41. The van der Waals surface area contributed by atoms with E-state index in [2.05, 4.69) is 4.98 Å². The summed E-state index contributed by atoms with van der Waals surface area (Å²) in [6, 6.07) is 17.9. The monoisotopic (exact) mass is 404 g/mol. The molecule has 2 aromatic carbocycles. The normalized spacial score (nSPS) is 11.0. The summed E-state index contributed by atoms with van der Waals surface area (Å²) in [6.07, 6.45) is 2.99.